The van der Waals surface area contributed by atoms with E-state index in [1.807, 2.05) is 24.3 Å². The minimum atomic E-state index is -0.747. The number of carbonyl (C=O) groups excluding carboxylic acids is 2. The van der Waals surface area contributed by atoms with Crippen LogP contribution in [-0.4, -0.2) is 22.9 Å². The van der Waals surface area contributed by atoms with Gasteiger partial charge < -0.3 is 10.4 Å². The predicted octanol–water partition coefficient (Wildman–Crippen LogP) is 8.30. The molecule has 5 aliphatic carbocycles. The topological polar surface area (TPSA) is 66.4 Å². The molecule has 1 aromatic rings. The van der Waals surface area contributed by atoms with E-state index in [4.69, 9.17) is 11.6 Å². The quantitative estimate of drug-likeness (QED) is 0.369. The third kappa shape index (κ3) is 3.95. The van der Waals surface area contributed by atoms with Gasteiger partial charge in [0.25, 0.3) is 0 Å². The first-order valence-electron chi connectivity index (χ1n) is 16.6. The van der Waals surface area contributed by atoms with Crippen molar-refractivity contribution in [3.63, 3.8) is 0 Å². The lowest BCUT2D eigenvalue weighted by Crippen LogP contribution is -2.66. The Hall–Kier alpha value is -1.65. The third-order valence-electron chi connectivity index (χ3n) is 14.2. The normalized spacial score (nSPS) is 42.5. The summed E-state index contributed by atoms with van der Waals surface area (Å²) < 4.78 is 0. The van der Waals surface area contributed by atoms with E-state index in [1.165, 1.54) is 5.57 Å². The molecule has 5 aliphatic rings. The van der Waals surface area contributed by atoms with Crippen LogP contribution in [-0.2, 0) is 16.1 Å². The molecule has 1 aromatic carbocycles. The Labute approximate surface area is 258 Å². The number of aliphatic hydroxyl groups is 1. The van der Waals surface area contributed by atoms with Gasteiger partial charge >= 0.3 is 0 Å². The Kier molecular flexibility index (Phi) is 7.18. The Morgan fingerprint density at radius 2 is 1.67 bits per heavy atom. The van der Waals surface area contributed by atoms with Crippen LogP contribution < -0.4 is 5.32 Å². The van der Waals surface area contributed by atoms with Crippen molar-refractivity contribution < 1.29 is 14.7 Å². The first-order chi connectivity index (χ1) is 19.6. The monoisotopic (exact) mass is 593 g/mol. The Balaban J connectivity index is 1.38. The fourth-order valence-corrected chi connectivity index (χ4v) is 12.1. The van der Waals surface area contributed by atoms with Crippen molar-refractivity contribution >= 4 is 23.3 Å². The van der Waals surface area contributed by atoms with Gasteiger partial charge in [0.05, 0.1) is 11.5 Å². The SMILES string of the molecule is CC(C)C1=C2[C@H]3CCC4[C@@]5(C)CC[C@H](O)C(C)(C)C5CC[C@@]4(C)[C@]3(C)CC[C@@]2(C(=O)NCc2ccccc2Cl)CC1=O. The van der Waals surface area contributed by atoms with E-state index in [-0.39, 0.29) is 51.3 Å². The Morgan fingerprint density at radius 3 is 2.36 bits per heavy atom. The first kappa shape index (κ1) is 30.4. The molecule has 0 saturated heterocycles. The summed E-state index contributed by atoms with van der Waals surface area (Å²) in [7, 11) is 0. The number of Topliss-reactive ketones (excluding diaryl/α,β-unsaturated/α-hetero) is 1. The number of benzene rings is 1. The third-order valence-corrected chi connectivity index (χ3v) is 14.6. The molecule has 0 spiro atoms. The van der Waals surface area contributed by atoms with Crippen LogP contribution in [0.15, 0.2) is 35.4 Å². The highest BCUT2D eigenvalue weighted by Gasteiger charge is 2.70. The average Bonchev–Trinajstić information content (AvgIpc) is 3.24. The number of ketones is 1. The molecule has 6 rings (SSSR count). The molecule has 230 valence electrons. The van der Waals surface area contributed by atoms with Gasteiger partial charge in [-0.15, -0.1) is 0 Å². The van der Waals surface area contributed by atoms with Gasteiger partial charge in [0.1, 0.15) is 0 Å². The zero-order valence-electron chi connectivity index (χ0n) is 26.9. The van der Waals surface area contributed by atoms with E-state index in [0.29, 0.717) is 29.8 Å². The molecule has 4 fully saturated rings. The van der Waals surface area contributed by atoms with Gasteiger partial charge in [0.2, 0.25) is 5.91 Å². The van der Waals surface area contributed by atoms with Crippen molar-refractivity contribution in [3.8, 4) is 0 Å². The summed E-state index contributed by atoms with van der Waals surface area (Å²) in [5, 5.41) is 14.9. The summed E-state index contributed by atoms with van der Waals surface area (Å²) in [6, 6.07) is 7.67. The van der Waals surface area contributed by atoms with E-state index >= 15 is 0 Å². The molecule has 0 bridgehead atoms. The van der Waals surface area contributed by atoms with Crippen molar-refractivity contribution in [1.82, 2.24) is 5.32 Å². The summed E-state index contributed by atoms with van der Waals surface area (Å²) in [5.41, 5.74) is 2.58. The number of hydrogen-bond donors (Lipinski definition) is 2. The summed E-state index contributed by atoms with van der Waals surface area (Å²) in [4.78, 5) is 28.1. The molecular weight excluding hydrogens is 542 g/mol. The minimum absolute atomic E-state index is 0.00874. The van der Waals surface area contributed by atoms with Crippen LogP contribution in [0.5, 0.6) is 0 Å². The molecule has 42 heavy (non-hydrogen) atoms. The molecule has 0 heterocycles. The molecule has 2 N–H and O–H groups in total. The van der Waals surface area contributed by atoms with E-state index in [1.54, 1.807) is 0 Å². The number of rotatable bonds is 4. The number of nitrogens with one attached hydrogen (secondary N) is 1. The maximum absolute atomic E-state index is 14.3. The number of carbonyl (C=O) groups is 2. The number of amides is 1. The lowest BCUT2D eigenvalue weighted by molar-refractivity contribution is -0.228. The molecule has 1 amide bonds. The predicted molar refractivity (Wildman–Crippen MR) is 169 cm³/mol. The molecule has 2 unspecified atom stereocenters. The van der Waals surface area contributed by atoms with E-state index in [2.05, 4.69) is 53.8 Å². The molecule has 0 radical (unpaired) electrons. The smallest absolute Gasteiger partial charge is 0.231 e. The van der Waals surface area contributed by atoms with Gasteiger partial charge in [-0.3, -0.25) is 9.59 Å². The molecule has 0 aromatic heterocycles. The summed E-state index contributed by atoms with van der Waals surface area (Å²) in [6.07, 6.45) is 8.25. The lowest BCUT2D eigenvalue weighted by atomic mass is 9.33. The lowest BCUT2D eigenvalue weighted by Gasteiger charge is -2.72. The first-order valence-corrected chi connectivity index (χ1v) is 17.0. The maximum Gasteiger partial charge on any atom is 0.231 e. The Morgan fingerprint density at radius 1 is 0.952 bits per heavy atom. The van der Waals surface area contributed by atoms with Gasteiger partial charge in [-0.1, -0.05) is 78.3 Å². The standard InChI is InChI=1S/C37H52ClNO3/c1-22(2)30-26(40)20-37(32(42)39-21-23-10-8-9-11-25(23)38)19-18-35(6)24(31(30)37)12-13-28-34(5)16-15-29(41)33(3,4)27(34)14-17-36(28,35)7/h8-11,22,24,27-29,41H,12-21H2,1-7H3,(H,39,42)/t24-,27?,28?,29+,34+,35-,36-,37-/m1/s1. The van der Waals surface area contributed by atoms with Crippen molar-refractivity contribution in [2.45, 2.75) is 119 Å². The second kappa shape index (κ2) is 9.93. The van der Waals surface area contributed by atoms with Crippen LogP contribution >= 0.6 is 11.6 Å². The van der Waals surface area contributed by atoms with E-state index < -0.39 is 5.41 Å². The van der Waals surface area contributed by atoms with Crippen LogP contribution in [0, 0.1) is 50.7 Å². The van der Waals surface area contributed by atoms with Crippen LogP contribution in [0.25, 0.3) is 0 Å². The van der Waals surface area contributed by atoms with Gasteiger partial charge in [-0.2, -0.15) is 0 Å². The van der Waals surface area contributed by atoms with Crippen molar-refractivity contribution in [1.29, 1.82) is 0 Å². The zero-order valence-corrected chi connectivity index (χ0v) is 27.7. The number of aliphatic hydroxyl groups excluding tert-OH is 1. The molecule has 0 aliphatic heterocycles. The molecule has 4 nitrogen and oxygen atoms in total. The van der Waals surface area contributed by atoms with Gasteiger partial charge in [0.15, 0.2) is 5.78 Å². The summed E-state index contributed by atoms with van der Waals surface area (Å²) >= 11 is 6.44. The number of allylic oxidation sites excluding steroid dienone is 1. The highest BCUT2D eigenvalue weighted by Crippen LogP contribution is 2.76. The van der Waals surface area contributed by atoms with Crippen LogP contribution in [0.1, 0.15) is 112 Å². The number of halogens is 1. The van der Waals surface area contributed by atoms with Crippen LogP contribution in [0.2, 0.25) is 5.02 Å². The molecular formula is C37H52ClNO3. The van der Waals surface area contributed by atoms with Gasteiger partial charge in [-0.05, 0) is 119 Å². The number of fused-ring (bicyclic) bond motifs is 7. The van der Waals surface area contributed by atoms with Crippen LogP contribution in [0.4, 0.5) is 0 Å². The molecule has 8 atom stereocenters. The van der Waals surface area contributed by atoms with Gasteiger partial charge in [0, 0.05) is 18.0 Å². The zero-order chi connectivity index (χ0) is 30.5. The fourth-order valence-electron chi connectivity index (χ4n) is 11.9. The van der Waals surface area contributed by atoms with E-state index in [9.17, 15) is 14.7 Å². The van der Waals surface area contributed by atoms with Crippen LogP contribution in [0.3, 0.4) is 0 Å². The van der Waals surface area contributed by atoms with Crippen molar-refractivity contribution in [3.05, 3.63) is 46.0 Å². The fraction of sp³-hybridized carbons (Fsp3) is 0.730. The highest BCUT2D eigenvalue weighted by atomic mass is 35.5. The van der Waals surface area contributed by atoms with E-state index in [0.717, 1.165) is 62.5 Å². The molecule has 4 saturated carbocycles. The highest BCUT2D eigenvalue weighted by molar-refractivity contribution is 6.31. The van der Waals surface area contributed by atoms with Crippen molar-refractivity contribution in [2.75, 3.05) is 0 Å². The van der Waals surface area contributed by atoms with Gasteiger partial charge in [-0.25, -0.2) is 0 Å². The summed E-state index contributed by atoms with van der Waals surface area (Å²) in [5.74, 6) is 1.64. The average molecular weight is 594 g/mol. The van der Waals surface area contributed by atoms with Crippen molar-refractivity contribution in [2.24, 2.45) is 50.7 Å². The largest absolute Gasteiger partial charge is 0.393 e. The number of hydrogen-bond acceptors (Lipinski definition) is 3. The second-order valence-electron chi connectivity index (χ2n) is 16.4. The Bertz CT molecular complexity index is 1330. The second-order valence-corrected chi connectivity index (χ2v) is 16.8. The minimum Gasteiger partial charge on any atom is -0.393 e. The maximum atomic E-state index is 14.3. The summed E-state index contributed by atoms with van der Waals surface area (Å²) in [6.45, 7) is 16.9. The molecule has 5 heteroatoms.